The summed E-state index contributed by atoms with van der Waals surface area (Å²) in [6.07, 6.45) is -14.9. The van der Waals surface area contributed by atoms with E-state index in [1.165, 1.54) is 19.1 Å². The normalized spacial score (nSPS) is 34.6. The van der Waals surface area contributed by atoms with Crippen LogP contribution in [0.4, 0.5) is 0 Å². The predicted molar refractivity (Wildman–Crippen MR) is 135 cm³/mol. The molecular weight excluding hydrogens is 532 g/mol. The van der Waals surface area contributed by atoms with E-state index in [1.54, 1.807) is 24.3 Å². The zero-order chi connectivity index (χ0) is 28.7. The van der Waals surface area contributed by atoms with Crippen LogP contribution in [-0.2, 0) is 14.2 Å². The van der Waals surface area contributed by atoms with Gasteiger partial charge in [-0.25, -0.2) is 0 Å². The molecule has 40 heavy (non-hydrogen) atoms. The van der Waals surface area contributed by atoms with E-state index in [-0.39, 0.29) is 22.5 Å². The number of aliphatic hydroxyl groups is 6. The Labute approximate surface area is 227 Å². The van der Waals surface area contributed by atoms with Crippen molar-refractivity contribution in [1.82, 2.24) is 0 Å². The predicted octanol–water partition coefficient (Wildman–Crippen LogP) is -0.804. The number of rotatable bonds is 6. The fraction of sp³-hybridized carbons (Fsp3) is 0.444. The minimum Gasteiger partial charge on any atom is -0.507 e. The number of hydrogen-bond acceptors (Lipinski definition) is 13. The molecule has 0 saturated carbocycles. The largest absolute Gasteiger partial charge is 0.507 e. The monoisotopic (exact) mass is 562 g/mol. The van der Waals surface area contributed by atoms with E-state index < -0.39 is 79.2 Å². The topological polar surface area (TPSA) is 209 Å². The van der Waals surface area contributed by atoms with Gasteiger partial charge in [-0.2, -0.15) is 0 Å². The van der Waals surface area contributed by atoms with Gasteiger partial charge in [-0.05, 0) is 6.92 Å². The summed E-state index contributed by atoms with van der Waals surface area (Å²) in [5, 5.41) is 71.6. The number of fused-ring (bicyclic) bond motifs is 1. The third kappa shape index (κ3) is 5.31. The van der Waals surface area contributed by atoms with Gasteiger partial charge < -0.3 is 59.1 Å². The molecule has 216 valence electrons. The smallest absolute Gasteiger partial charge is 0.229 e. The van der Waals surface area contributed by atoms with Gasteiger partial charge in [0.2, 0.25) is 6.29 Å². The van der Waals surface area contributed by atoms with Crippen LogP contribution in [0.25, 0.3) is 22.3 Å². The van der Waals surface area contributed by atoms with E-state index in [0.717, 1.165) is 6.07 Å². The van der Waals surface area contributed by atoms with E-state index in [4.69, 9.17) is 23.4 Å². The summed E-state index contributed by atoms with van der Waals surface area (Å²) in [6, 6.07) is 12.6. The second kappa shape index (κ2) is 11.4. The molecule has 0 bridgehead atoms. The van der Waals surface area contributed by atoms with Crippen molar-refractivity contribution in [2.45, 2.75) is 68.3 Å². The van der Waals surface area contributed by atoms with Crippen LogP contribution in [0.3, 0.4) is 0 Å². The molecule has 2 fully saturated rings. The molecule has 0 aliphatic carbocycles. The Morgan fingerprint density at radius 2 is 1.55 bits per heavy atom. The molecule has 2 aliphatic rings. The SMILES string of the molecule is C[C@@H]1O[C@@H](Oc2cc(O)c3c(=O)cc(-c4ccccc4)oc3c2)[C@H](O)[C@H](O)[C@H]1O[C@@H]1O[C@H](CO)[C@@H](O)[C@H](O)[C@H]1O. The maximum atomic E-state index is 12.7. The van der Waals surface area contributed by atoms with Gasteiger partial charge in [0.25, 0.3) is 0 Å². The average Bonchev–Trinajstić information content (AvgIpc) is 2.93. The number of aliphatic hydroxyl groups excluding tert-OH is 6. The molecule has 7 N–H and O–H groups in total. The molecular formula is C27H30O13. The molecule has 10 atom stereocenters. The Bertz CT molecular complexity index is 1380. The summed E-state index contributed by atoms with van der Waals surface area (Å²) in [4.78, 5) is 12.7. The standard InChI is InChI=1S/C27H30O13/c1-11-25(40-27-23(34)21(32)20(31)18(10-28)39-27)22(33)24(35)26(36-11)37-13-7-14(29)19-15(30)9-16(38-17(19)8-13)12-5-3-2-4-6-12/h2-9,11,18,20-29,31-35H,10H2,1H3/t11-,18+,20+,21-,22-,23+,24+,25-,26-,27-/m0/s1. The fourth-order valence-corrected chi connectivity index (χ4v) is 4.82. The number of ether oxygens (including phenoxy) is 4. The van der Waals surface area contributed by atoms with Crippen LogP contribution in [0.1, 0.15) is 6.92 Å². The first-order chi connectivity index (χ1) is 19.1. The van der Waals surface area contributed by atoms with Crippen molar-refractivity contribution in [1.29, 1.82) is 0 Å². The molecule has 3 heterocycles. The molecule has 0 amide bonds. The van der Waals surface area contributed by atoms with Crippen LogP contribution >= 0.6 is 0 Å². The Balaban J connectivity index is 1.34. The number of aromatic hydroxyl groups is 1. The summed E-state index contributed by atoms with van der Waals surface area (Å²) < 4.78 is 28.2. The molecule has 2 saturated heterocycles. The van der Waals surface area contributed by atoms with Crippen LogP contribution in [-0.4, -0.2) is 104 Å². The Kier molecular flexibility index (Phi) is 8.10. The minimum atomic E-state index is -1.72. The lowest BCUT2D eigenvalue weighted by molar-refractivity contribution is -0.348. The molecule has 3 aromatic rings. The zero-order valence-electron chi connectivity index (χ0n) is 21.2. The fourth-order valence-electron chi connectivity index (χ4n) is 4.82. The average molecular weight is 563 g/mol. The first-order valence-electron chi connectivity index (χ1n) is 12.6. The van der Waals surface area contributed by atoms with Gasteiger partial charge in [0.05, 0.1) is 12.7 Å². The number of phenols is 1. The molecule has 1 aromatic heterocycles. The number of hydrogen-bond donors (Lipinski definition) is 7. The van der Waals surface area contributed by atoms with Crippen molar-refractivity contribution >= 4 is 11.0 Å². The van der Waals surface area contributed by atoms with Gasteiger partial charge in [0.15, 0.2) is 11.7 Å². The molecule has 0 spiro atoms. The third-order valence-corrected chi connectivity index (χ3v) is 7.01. The van der Waals surface area contributed by atoms with E-state index >= 15 is 0 Å². The van der Waals surface area contributed by atoms with Crippen LogP contribution < -0.4 is 10.2 Å². The Morgan fingerprint density at radius 1 is 0.850 bits per heavy atom. The van der Waals surface area contributed by atoms with Gasteiger partial charge in [-0.3, -0.25) is 4.79 Å². The van der Waals surface area contributed by atoms with Gasteiger partial charge in [0.1, 0.15) is 71.0 Å². The Hall–Kier alpha value is -3.11. The van der Waals surface area contributed by atoms with E-state index in [9.17, 15) is 40.5 Å². The summed E-state index contributed by atoms with van der Waals surface area (Å²) in [7, 11) is 0. The summed E-state index contributed by atoms with van der Waals surface area (Å²) in [5.74, 6) is -0.195. The third-order valence-electron chi connectivity index (χ3n) is 7.01. The lowest BCUT2D eigenvalue weighted by Gasteiger charge is -2.45. The second-order valence-corrected chi connectivity index (χ2v) is 9.76. The molecule has 13 nitrogen and oxygen atoms in total. The van der Waals surface area contributed by atoms with Gasteiger partial charge >= 0.3 is 0 Å². The van der Waals surface area contributed by atoms with Crippen molar-refractivity contribution in [3.05, 3.63) is 58.8 Å². The van der Waals surface area contributed by atoms with Crippen molar-refractivity contribution in [2.75, 3.05) is 6.61 Å². The highest BCUT2D eigenvalue weighted by atomic mass is 16.7. The van der Waals surface area contributed by atoms with E-state index in [2.05, 4.69) is 0 Å². The number of benzene rings is 2. The van der Waals surface area contributed by atoms with Crippen molar-refractivity contribution in [3.63, 3.8) is 0 Å². The van der Waals surface area contributed by atoms with Gasteiger partial charge in [-0.15, -0.1) is 0 Å². The van der Waals surface area contributed by atoms with Gasteiger partial charge in [0, 0.05) is 23.8 Å². The Morgan fingerprint density at radius 3 is 2.25 bits per heavy atom. The highest BCUT2D eigenvalue weighted by Gasteiger charge is 2.50. The van der Waals surface area contributed by atoms with Crippen LogP contribution in [0.5, 0.6) is 11.5 Å². The van der Waals surface area contributed by atoms with E-state index in [0.29, 0.717) is 5.56 Å². The molecule has 5 rings (SSSR count). The van der Waals surface area contributed by atoms with Crippen molar-refractivity contribution in [3.8, 4) is 22.8 Å². The summed E-state index contributed by atoms with van der Waals surface area (Å²) in [6.45, 7) is 0.817. The van der Waals surface area contributed by atoms with Crippen LogP contribution in [0, 0.1) is 0 Å². The first kappa shape index (κ1) is 28.4. The molecule has 0 radical (unpaired) electrons. The van der Waals surface area contributed by atoms with Crippen LogP contribution in [0.15, 0.2) is 57.7 Å². The van der Waals surface area contributed by atoms with Crippen molar-refractivity contribution in [2.24, 2.45) is 0 Å². The summed E-state index contributed by atoms with van der Waals surface area (Å²) in [5.41, 5.74) is 0.181. The quantitative estimate of drug-likeness (QED) is 0.196. The van der Waals surface area contributed by atoms with Crippen molar-refractivity contribution < 1.29 is 59.1 Å². The molecule has 2 aliphatic heterocycles. The zero-order valence-corrected chi connectivity index (χ0v) is 21.2. The maximum absolute atomic E-state index is 12.7. The van der Waals surface area contributed by atoms with Crippen LogP contribution in [0.2, 0.25) is 0 Å². The molecule has 13 heteroatoms. The summed E-state index contributed by atoms with van der Waals surface area (Å²) >= 11 is 0. The second-order valence-electron chi connectivity index (χ2n) is 9.76. The molecule has 0 unspecified atom stereocenters. The van der Waals surface area contributed by atoms with E-state index in [1.807, 2.05) is 6.07 Å². The maximum Gasteiger partial charge on any atom is 0.229 e. The first-order valence-corrected chi connectivity index (χ1v) is 12.6. The lowest BCUT2D eigenvalue weighted by atomic mass is 9.97. The molecule has 2 aromatic carbocycles. The highest BCUT2D eigenvalue weighted by molar-refractivity contribution is 5.86. The minimum absolute atomic E-state index is 0.0177. The highest BCUT2D eigenvalue weighted by Crippen LogP contribution is 2.34. The number of phenolic OH excluding ortho intramolecular Hbond substituents is 1. The van der Waals surface area contributed by atoms with Gasteiger partial charge in [-0.1, -0.05) is 30.3 Å². The lowest BCUT2D eigenvalue weighted by Crippen LogP contribution is -2.64.